The Balaban J connectivity index is 1.08. The van der Waals surface area contributed by atoms with Gasteiger partial charge in [0.15, 0.2) is 0 Å². The predicted molar refractivity (Wildman–Crippen MR) is 273 cm³/mol. The van der Waals surface area contributed by atoms with E-state index in [9.17, 15) is 0 Å². The van der Waals surface area contributed by atoms with Crippen LogP contribution < -0.4 is 0 Å². The Bertz CT molecular complexity index is 3830. The Morgan fingerprint density at radius 1 is 0.206 bits per heavy atom. The van der Waals surface area contributed by atoms with Gasteiger partial charge >= 0.3 is 321 Å². The molecule has 1 aromatic heterocycles. The van der Waals surface area contributed by atoms with Gasteiger partial charge in [-0.3, -0.25) is 0 Å². The van der Waals surface area contributed by atoms with E-state index in [1.807, 2.05) is 0 Å². The second kappa shape index (κ2) is 14.5. The first-order valence-corrected chi connectivity index (χ1v) is 23.5. The summed E-state index contributed by atoms with van der Waals surface area (Å²) in [6.07, 6.45) is 0. The molecule has 12 aromatic carbocycles. The molecule has 0 saturated carbocycles. The maximum absolute atomic E-state index is 2.39. The fraction of sp³-hybridized carbons (Fsp3) is 0. The summed E-state index contributed by atoms with van der Waals surface area (Å²) < 4.78 is 2.89. The third-order valence-corrected chi connectivity index (χ3v) is 15.6. The van der Waals surface area contributed by atoms with E-state index in [0.717, 1.165) is 0 Å². The Kier molecular flexibility index (Phi) is 8.34. The molecule has 1 heteroatoms. The van der Waals surface area contributed by atoms with Crippen LogP contribution in [0, 0.1) is 0 Å². The molecule has 0 saturated heterocycles. The van der Waals surface area contributed by atoms with E-state index in [2.05, 4.69) is 231 Å². The van der Waals surface area contributed by atoms with Gasteiger partial charge in [0.2, 0.25) is 0 Å². The molecule has 0 aliphatic heterocycles. The average molecular weight is 862 g/mol. The van der Waals surface area contributed by atoms with Crippen molar-refractivity contribution in [1.29, 1.82) is 0 Å². The predicted octanol–water partition coefficient (Wildman–Crippen LogP) is 17.2. The zero-order chi connectivity index (χ0) is 41.4. The topological polar surface area (TPSA) is 0 Å². The van der Waals surface area contributed by atoms with Gasteiger partial charge in [-0.2, -0.15) is 0 Å². The summed E-state index contributed by atoms with van der Waals surface area (Å²) in [5.74, 6) is 0. The molecule has 0 bridgehead atoms. The molecule has 13 aromatic rings. The fourth-order valence-electron chi connectivity index (χ4n) is 10.6. The first-order valence-electron chi connectivity index (χ1n) is 21.8. The quantitative estimate of drug-likeness (QED) is 0.119. The van der Waals surface area contributed by atoms with Crippen molar-refractivity contribution in [2.75, 3.05) is 0 Å². The van der Waals surface area contributed by atoms with E-state index in [1.54, 1.807) is 0 Å². The van der Waals surface area contributed by atoms with Crippen molar-refractivity contribution in [3.05, 3.63) is 231 Å². The number of hydrogen-bond donors (Lipinski definition) is 0. The first kappa shape index (κ1) is 36.1. The standard InChI is InChI=1S/C62H38Se/c1-2-18-41(19-3-1)57-45-22-6-10-26-49(45)59(50-27-11-7-23-46(50)57)53-31-15-33-55-61(53)62-54(32-16-34-56(62)63-55)60-51-28-12-8-24-47(51)58(48-25-9-13-29-52(48)60)42-37-35-40(36-38-42)44-30-14-20-39-17-4-5-21-43(39)44/h1-38H. The molecule has 0 amide bonds. The van der Waals surface area contributed by atoms with Crippen molar-refractivity contribution in [2.24, 2.45) is 0 Å². The summed E-state index contributed by atoms with van der Waals surface area (Å²) in [5.41, 5.74) is 12.8. The molecular formula is C62H38Se. The molecule has 0 aliphatic rings. The van der Waals surface area contributed by atoms with Gasteiger partial charge in [-0.05, 0) is 10.8 Å². The summed E-state index contributed by atoms with van der Waals surface area (Å²) in [7, 11) is 0. The third-order valence-electron chi connectivity index (χ3n) is 13.3. The molecule has 0 aliphatic carbocycles. The van der Waals surface area contributed by atoms with Crippen LogP contribution in [0.1, 0.15) is 0 Å². The molecule has 0 atom stereocenters. The van der Waals surface area contributed by atoms with Crippen LogP contribution in [0.25, 0.3) is 129 Å². The molecule has 63 heavy (non-hydrogen) atoms. The maximum atomic E-state index is 2.39. The summed E-state index contributed by atoms with van der Waals surface area (Å²) >= 11 is 0.156. The second-order valence-corrected chi connectivity index (χ2v) is 18.9. The number of hydrogen-bond acceptors (Lipinski definition) is 0. The van der Waals surface area contributed by atoms with Crippen LogP contribution >= 0.6 is 0 Å². The Hall–Kier alpha value is -7.54. The minimum atomic E-state index is 0.156. The van der Waals surface area contributed by atoms with Crippen LogP contribution in [0.15, 0.2) is 231 Å². The van der Waals surface area contributed by atoms with Crippen molar-refractivity contribution in [2.45, 2.75) is 0 Å². The summed E-state index contributed by atoms with van der Waals surface area (Å²) in [4.78, 5) is 0. The van der Waals surface area contributed by atoms with E-state index in [0.29, 0.717) is 0 Å². The second-order valence-electron chi connectivity index (χ2n) is 16.6. The van der Waals surface area contributed by atoms with E-state index < -0.39 is 0 Å². The monoisotopic (exact) mass is 862 g/mol. The molecule has 1 heterocycles. The average Bonchev–Trinajstić information content (AvgIpc) is 3.75. The molecule has 0 nitrogen and oxygen atoms in total. The Morgan fingerprint density at radius 3 is 1.02 bits per heavy atom. The van der Waals surface area contributed by atoms with Gasteiger partial charge in [0.1, 0.15) is 0 Å². The van der Waals surface area contributed by atoms with Crippen molar-refractivity contribution in [3.63, 3.8) is 0 Å². The van der Waals surface area contributed by atoms with Gasteiger partial charge in [0.25, 0.3) is 0 Å². The third kappa shape index (κ3) is 5.61. The van der Waals surface area contributed by atoms with E-state index in [1.165, 1.54) is 129 Å². The van der Waals surface area contributed by atoms with Crippen LogP contribution in [0.2, 0.25) is 0 Å². The zero-order valence-corrected chi connectivity index (χ0v) is 36.1. The SMILES string of the molecule is c1ccc(-c2c3ccccc3c(-c3cccc4[se]c5cccc(-c6c7ccccc7c(-c7ccc(-c8cccc9ccccc89)cc7)c7ccccc67)c5c34)c3ccccc23)cc1. The number of fused-ring (bicyclic) bond motifs is 8. The molecular weight excluding hydrogens is 824 g/mol. The molecule has 13 rings (SSSR count). The van der Waals surface area contributed by atoms with Crippen molar-refractivity contribution in [3.8, 4) is 55.6 Å². The Labute approximate surface area is 371 Å². The van der Waals surface area contributed by atoms with E-state index in [4.69, 9.17) is 0 Å². The molecule has 0 unspecified atom stereocenters. The van der Waals surface area contributed by atoms with Crippen LogP contribution in [-0.4, -0.2) is 14.5 Å². The van der Waals surface area contributed by atoms with Gasteiger partial charge < -0.3 is 0 Å². The van der Waals surface area contributed by atoms with Crippen molar-refractivity contribution in [1.82, 2.24) is 0 Å². The number of benzene rings is 12. The van der Waals surface area contributed by atoms with Gasteiger partial charge in [0.05, 0.1) is 0 Å². The summed E-state index contributed by atoms with van der Waals surface area (Å²) in [6, 6.07) is 85.9. The summed E-state index contributed by atoms with van der Waals surface area (Å²) in [6.45, 7) is 0. The van der Waals surface area contributed by atoms with Gasteiger partial charge in [-0.1, -0.05) is 42.5 Å². The molecule has 0 N–H and O–H groups in total. The normalized spacial score (nSPS) is 11.8. The zero-order valence-electron chi connectivity index (χ0n) is 34.3. The fourth-order valence-corrected chi connectivity index (χ4v) is 13.1. The van der Waals surface area contributed by atoms with Gasteiger partial charge in [-0.25, -0.2) is 0 Å². The van der Waals surface area contributed by atoms with Crippen LogP contribution in [0.4, 0.5) is 0 Å². The van der Waals surface area contributed by atoms with E-state index >= 15 is 0 Å². The molecule has 0 spiro atoms. The van der Waals surface area contributed by atoms with Crippen LogP contribution in [0.5, 0.6) is 0 Å². The van der Waals surface area contributed by atoms with Crippen molar-refractivity contribution >= 4 is 87.7 Å². The van der Waals surface area contributed by atoms with E-state index in [-0.39, 0.29) is 14.5 Å². The first-order chi connectivity index (χ1) is 31.3. The number of rotatable bonds is 5. The van der Waals surface area contributed by atoms with Crippen LogP contribution in [0.3, 0.4) is 0 Å². The Morgan fingerprint density at radius 2 is 0.540 bits per heavy atom. The minimum absolute atomic E-state index is 0.156. The summed E-state index contributed by atoms with van der Waals surface area (Å²) in [5, 5.41) is 15.5. The molecule has 292 valence electrons. The van der Waals surface area contributed by atoms with Gasteiger partial charge in [-0.15, -0.1) is 0 Å². The van der Waals surface area contributed by atoms with Crippen LogP contribution in [-0.2, 0) is 0 Å². The molecule has 0 radical (unpaired) electrons. The van der Waals surface area contributed by atoms with Gasteiger partial charge in [0, 0.05) is 0 Å². The molecule has 0 fully saturated rings. The van der Waals surface area contributed by atoms with Crippen molar-refractivity contribution < 1.29 is 0 Å².